The average Bonchev–Trinajstić information content (AvgIpc) is 2.48. The van der Waals surface area contributed by atoms with Crippen LogP contribution in [0.4, 0.5) is 10.2 Å². The Labute approximate surface area is 136 Å². The number of halogens is 2. The zero-order chi connectivity index (χ0) is 16.4. The van der Waals surface area contributed by atoms with Crippen LogP contribution in [0.5, 0.6) is 0 Å². The number of anilines is 1. The molecule has 9 heteroatoms. The minimum absolute atomic E-state index is 0.0530. The fraction of sp³-hybridized carbons (Fsp3) is 0.357. The maximum atomic E-state index is 14.6. The van der Waals surface area contributed by atoms with Crippen molar-refractivity contribution in [2.45, 2.75) is 19.4 Å². The summed E-state index contributed by atoms with van der Waals surface area (Å²) in [5.74, 6) is -0.759. The molecule has 1 N–H and O–H groups in total. The van der Waals surface area contributed by atoms with Crippen molar-refractivity contribution >= 4 is 23.3 Å². The molecule has 3 rings (SSSR count). The lowest BCUT2D eigenvalue weighted by Crippen LogP contribution is -2.48. The van der Waals surface area contributed by atoms with E-state index >= 15 is 0 Å². The van der Waals surface area contributed by atoms with E-state index < -0.39 is 11.9 Å². The fourth-order valence-corrected chi connectivity index (χ4v) is 2.24. The molecule has 1 atom stereocenters. The summed E-state index contributed by atoms with van der Waals surface area (Å²) < 4.78 is 14.6. The maximum absolute atomic E-state index is 14.6. The third kappa shape index (κ3) is 3.21. The highest BCUT2D eigenvalue weighted by molar-refractivity contribution is 6.30. The van der Waals surface area contributed by atoms with Gasteiger partial charge in [-0.3, -0.25) is 4.79 Å². The number of hydrogen-bond donors (Lipinski definition) is 1. The first kappa shape index (κ1) is 15.5. The highest BCUT2D eigenvalue weighted by Gasteiger charge is 2.26. The zero-order valence-electron chi connectivity index (χ0n) is 12.3. The van der Waals surface area contributed by atoms with E-state index in [1.165, 1.54) is 18.7 Å². The summed E-state index contributed by atoms with van der Waals surface area (Å²) in [6.07, 6.45) is 4.90. The van der Waals surface area contributed by atoms with Gasteiger partial charge in [0.2, 0.25) is 5.91 Å². The highest BCUT2D eigenvalue weighted by atomic mass is 35.5. The van der Waals surface area contributed by atoms with Gasteiger partial charge in [0.05, 0.1) is 5.02 Å². The van der Waals surface area contributed by atoms with E-state index in [9.17, 15) is 9.18 Å². The quantitative estimate of drug-likeness (QED) is 0.916. The normalized spacial score (nSPS) is 15.0. The van der Waals surface area contributed by atoms with Gasteiger partial charge in [-0.15, -0.1) is 0 Å². The summed E-state index contributed by atoms with van der Waals surface area (Å²) >= 11 is 5.72. The largest absolute Gasteiger partial charge is 0.356 e. The van der Waals surface area contributed by atoms with Gasteiger partial charge in [-0.2, -0.15) is 0 Å². The molecule has 1 aliphatic heterocycles. The zero-order valence-corrected chi connectivity index (χ0v) is 13.1. The molecule has 0 unspecified atom stereocenters. The first-order chi connectivity index (χ1) is 11.1. The van der Waals surface area contributed by atoms with Crippen LogP contribution in [-0.2, 0) is 4.79 Å². The Bertz CT molecular complexity index is 722. The fourth-order valence-electron chi connectivity index (χ4n) is 2.14. The molecule has 2 aromatic heterocycles. The van der Waals surface area contributed by atoms with Crippen LogP contribution in [0.2, 0.25) is 5.02 Å². The Morgan fingerprint density at radius 3 is 2.61 bits per heavy atom. The lowest BCUT2D eigenvalue weighted by atomic mass is 10.1. The second-order valence-corrected chi connectivity index (χ2v) is 5.59. The van der Waals surface area contributed by atoms with Crippen LogP contribution in [-0.4, -0.2) is 49.9 Å². The second kappa shape index (κ2) is 6.41. The molecule has 1 fully saturated rings. The first-order valence-corrected chi connectivity index (χ1v) is 7.48. The van der Waals surface area contributed by atoms with Gasteiger partial charge in [0.25, 0.3) is 0 Å². The van der Waals surface area contributed by atoms with E-state index in [-0.39, 0.29) is 23.2 Å². The standard InChI is InChI=1S/C14H14ClFN6O/c1-8(14(23)22-3-2-4-22)21-12-10(16)11(19-7-20-12)13-17-5-9(15)6-18-13/h5-8H,2-4H2,1H3,(H,19,20,21)/t8-/m1/s1. The number of nitrogens with zero attached hydrogens (tertiary/aromatic N) is 5. The van der Waals surface area contributed by atoms with E-state index in [1.54, 1.807) is 11.8 Å². The third-order valence-corrected chi connectivity index (χ3v) is 3.71. The third-order valence-electron chi connectivity index (χ3n) is 3.51. The minimum Gasteiger partial charge on any atom is -0.356 e. The van der Waals surface area contributed by atoms with Gasteiger partial charge < -0.3 is 10.2 Å². The van der Waals surface area contributed by atoms with Crippen molar-refractivity contribution in [2.24, 2.45) is 0 Å². The molecular weight excluding hydrogens is 323 g/mol. The van der Waals surface area contributed by atoms with Crippen molar-refractivity contribution in [3.05, 3.63) is 29.6 Å². The summed E-state index contributed by atoms with van der Waals surface area (Å²) in [7, 11) is 0. The number of amides is 1. The molecule has 120 valence electrons. The number of hydrogen-bond acceptors (Lipinski definition) is 6. The van der Waals surface area contributed by atoms with Crippen molar-refractivity contribution < 1.29 is 9.18 Å². The first-order valence-electron chi connectivity index (χ1n) is 7.10. The predicted octanol–water partition coefficient (Wildman–Crippen LogP) is 1.76. The lowest BCUT2D eigenvalue weighted by molar-refractivity contribution is -0.135. The van der Waals surface area contributed by atoms with Crippen molar-refractivity contribution in [1.29, 1.82) is 0 Å². The van der Waals surface area contributed by atoms with Gasteiger partial charge in [-0.1, -0.05) is 11.6 Å². The summed E-state index contributed by atoms with van der Waals surface area (Å²) in [4.78, 5) is 29.4. The lowest BCUT2D eigenvalue weighted by Gasteiger charge is -2.33. The molecule has 0 aromatic carbocycles. The van der Waals surface area contributed by atoms with E-state index in [0.29, 0.717) is 5.02 Å². The van der Waals surface area contributed by atoms with Crippen LogP contribution in [0.25, 0.3) is 11.5 Å². The summed E-state index contributed by atoms with van der Waals surface area (Å²) in [6.45, 7) is 3.14. The molecule has 3 heterocycles. The van der Waals surface area contributed by atoms with Gasteiger partial charge in [-0.05, 0) is 13.3 Å². The molecule has 0 radical (unpaired) electrons. The molecule has 1 aliphatic rings. The smallest absolute Gasteiger partial charge is 0.244 e. The van der Waals surface area contributed by atoms with Crippen LogP contribution in [0, 0.1) is 5.82 Å². The topological polar surface area (TPSA) is 83.9 Å². The van der Waals surface area contributed by atoms with Gasteiger partial charge >= 0.3 is 0 Å². The van der Waals surface area contributed by atoms with E-state index in [1.807, 2.05) is 0 Å². The predicted molar refractivity (Wildman–Crippen MR) is 82.3 cm³/mol. The highest BCUT2D eigenvalue weighted by Crippen LogP contribution is 2.22. The number of aromatic nitrogens is 4. The number of likely N-dealkylation sites (tertiary alicyclic amines) is 1. The Morgan fingerprint density at radius 1 is 1.30 bits per heavy atom. The number of nitrogens with one attached hydrogen (secondary N) is 1. The Kier molecular flexibility index (Phi) is 4.33. The van der Waals surface area contributed by atoms with Crippen molar-refractivity contribution in [3.63, 3.8) is 0 Å². The van der Waals surface area contributed by atoms with Gasteiger partial charge in [0.1, 0.15) is 18.1 Å². The number of carbonyl (C=O) groups excluding carboxylic acids is 1. The van der Waals surface area contributed by atoms with Crippen LogP contribution >= 0.6 is 11.6 Å². The van der Waals surface area contributed by atoms with Gasteiger partial charge in [-0.25, -0.2) is 24.3 Å². The van der Waals surface area contributed by atoms with Crippen molar-refractivity contribution in [1.82, 2.24) is 24.8 Å². The monoisotopic (exact) mass is 336 g/mol. The van der Waals surface area contributed by atoms with Gasteiger partial charge in [0, 0.05) is 25.5 Å². The molecule has 1 saturated heterocycles. The van der Waals surface area contributed by atoms with E-state index in [0.717, 1.165) is 19.5 Å². The van der Waals surface area contributed by atoms with Crippen molar-refractivity contribution in [3.8, 4) is 11.5 Å². The summed E-state index contributed by atoms with van der Waals surface area (Å²) in [6, 6.07) is -0.585. The van der Waals surface area contributed by atoms with Crippen LogP contribution < -0.4 is 5.32 Å². The number of carbonyl (C=O) groups is 1. The van der Waals surface area contributed by atoms with E-state index in [2.05, 4.69) is 25.3 Å². The number of rotatable bonds is 4. The molecule has 1 amide bonds. The minimum atomic E-state index is -0.710. The molecule has 7 nitrogen and oxygen atoms in total. The molecular formula is C14H14ClFN6O. The van der Waals surface area contributed by atoms with E-state index in [4.69, 9.17) is 11.6 Å². The SMILES string of the molecule is C[C@@H](Nc1ncnc(-c2ncc(Cl)cn2)c1F)C(=O)N1CCC1. The van der Waals surface area contributed by atoms with Crippen molar-refractivity contribution in [2.75, 3.05) is 18.4 Å². The van der Waals surface area contributed by atoms with Crippen LogP contribution in [0.1, 0.15) is 13.3 Å². The molecule has 0 aliphatic carbocycles. The molecule has 0 spiro atoms. The molecule has 0 saturated carbocycles. The summed E-state index contributed by atoms with van der Waals surface area (Å²) in [5, 5.41) is 3.12. The van der Waals surface area contributed by atoms with Crippen LogP contribution in [0.3, 0.4) is 0 Å². The maximum Gasteiger partial charge on any atom is 0.244 e. The van der Waals surface area contributed by atoms with Crippen LogP contribution in [0.15, 0.2) is 18.7 Å². The Morgan fingerprint density at radius 2 is 2.00 bits per heavy atom. The summed E-state index contributed by atoms with van der Waals surface area (Å²) in [5.41, 5.74) is -0.0530. The Balaban J connectivity index is 1.81. The second-order valence-electron chi connectivity index (χ2n) is 5.15. The van der Waals surface area contributed by atoms with Gasteiger partial charge in [0.15, 0.2) is 17.5 Å². The molecule has 0 bridgehead atoms. The molecule has 2 aromatic rings. The Hall–Kier alpha value is -2.35. The molecule has 23 heavy (non-hydrogen) atoms. The average molecular weight is 337 g/mol.